The van der Waals surface area contributed by atoms with Crippen molar-refractivity contribution in [2.45, 2.75) is 25.7 Å². The number of Topliss-reactive ketones (excluding diaryl/α,β-unsaturated/α-hetero) is 1. The minimum Gasteiger partial charge on any atom is -0.299 e. The molecule has 0 amide bonds. The van der Waals surface area contributed by atoms with Crippen molar-refractivity contribution < 1.29 is 4.79 Å². The maximum absolute atomic E-state index is 12.1. The molecular formula is C17H17ClO. The predicted octanol–water partition coefficient (Wildman–Crippen LogP) is 4.65. The first-order valence-electron chi connectivity index (χ1n) is 6.47. The fourth-order valence-corrected chi connectivity index (χ4v) is 2.37. The standard InChI is InChI=1S/C17H17ClO/c1-13(14-7-3-2-4-8-14)11-16(19)12-15-9-5-6-10-17(15)18/h2-10,13H,11-12H2,1H3. The summed E-state index contributed by atoms with van der Waals surface area (Å²) in [4.78, 5) is 12.1. The molecule has 0 N–H and O–H groups in total. The summed E-state index contributed by atoms with van der Waals surface area (Å²) in [5, 5.41) is 0.670. The van der Waals surface area contributed by atoms with E-state index in [9.17, 15) is 4.79 Å². The van der Waals surface area contributed by atoms with Gasteiger partial charge in [-0.25, -0.2) is 0 Å². The third-order valence-corrected chi connectivity index (χ3v) is 3.62. The Balaban J connectivity index is 1.97. The van der Waals surface area contributed by atoms with Crippen LogP contribution < -0.4 is 0 Å². The van der Waals surface area contributed by atoms with Crippen LogP contribution >= 0.6 is 11.6 Å². The van der Waals surface area contributed by atoms with Crippen molar-refractivity contribution in [3.8, 4) is 0 Å². The fourth-order valence-electron chi connectivity index (χ4n) is 2.17. The fraction of sp³-hybridized carbons (Fsp3) is 0.235. The lowest BCUT2D eigenvalue weighted by atomic mass is 9.93. The first-order valence-corrected chi connectivity index (χ1v) is 6.84. The number of rotatable bonds is 5. The molecule has 0 aliphatic carbocycles. The van der Waals surface area contributed by atoms with Crippen molar-refractivity contribution in [1.29, 1.82) is 0 Å². The lowest BCUT2D eigenvalue weighted by molar-refractivity contribution is -0.118. The van der Waals surface area contributed by atoms with Gasteiger partial charge in [0.15, 0.2) is 0 Å². The van der Waals surface area contributed by atoms with Gasteiger partial charge in [-0.15, -0.1) is 0 Å². The SMILES string of the molecule is CC(CC(=O)Cc1ccccc1Cl)c1ccccc1. The Morgan fingerprint density at radius 3 is 2.37 bits per heavy atom. The normalized spacial score (nSPS) is 12.1. The summed E-state index contributed by atoms with van der Waals surface area (Å²) in [6, 6.07) is 17.6. The number of halogens is 1. The molecule has 0 radical (unpaired) electrons. The maximum atomic E-state index is 12.1. The Hall–Kier alpha value is -1.60. The summed E-state index contributed by atoms with van der Waals surface area (Å²) in [5.74, 6) is 0.473. The van der Waals surface area contributed by atoms with Crippen LogP contribution in [0.5, 0.6) is 0 Å². The van der Waals surface area contributed by atoms with E-state index in [1.165, 1.54) is 5.56 Å². The molecule has 0 aromatic heterocycles. The monoisotopic (exact) mass is 272 g/mol. The molecule has 2 heteroatoms. The van der Waals surface area contributed by atoms with Crippen LogP contribution in [0, 0.1) is 0 Å². The Labute approximate surface area is 119 Å². The Morgan fingerprint density at radius 2 is 1.68 bits per heavy atom. The first kappa shape index (κ1) is 13.8. The highest BCUT2D eigenvalue weighted by Crippen LogP contribution is 2.21. The summed E-state index contributed by atoms with van der Waals surface area (Å²) < 4.78 is 0. The average Bonchev–Trinajstić information content (AvgIpc) is 2.42. The molecule has 2 rings (SSSR count). The Morgan fingerprint density at radius 1 is 1.05 bits per heavy atom. The van der Waals surface area contributed by atoms with Gasteiger partial charge in [0.1, 0.15) is 5.78 Å². The van der Waals surface area contributed by atoms with E-state index in [0.717, 1.165) is 5.56 Å². The van der Waals surface area contributed by atoms with Gasteiger partial charge in [0.25, 0.3) is 0 Å². The summed E-state index contributed by atoms with van der Waals surface area (Å²) >= 11 is 6.07. The number of ketones is 1. The molecule has 1 atom stereocenters. The topological polar surface area (TPSA) is 17.1 Å². The smallest absolute Gasteiger partial charge is 0.137 e. The van der Waals surface area contributed by atoms with E-state index in [0.29, 0.717) is 17.9 Å². The zero-order valence-corrected chi connectivity index (χ0v) is 11.7. The minimum absolute atomic E-state index is 0.226. The van der Waals surface area contributed by atoms with E-state index in [1.54, 1.807) is 0 Å². The molecular weight excluding hydrogens is 256 g/mol. The van der Waals surface area contributed by atoms with Crippen LogP contribution in [0.25, 0.3) is 0 Å². The second-order valence-electron chi connectivity index (χ2n) is 4.82. The van der Waals surface area contributed by atoms with Gasteiger partial charge in [-0.05, 0) is 23.1 Å². The van der Waals surface area contributed by atoms with Gasteiger partial charge in [0, 0.05) is 17.9 Å². The molecule has 1 nitrogen and oxygen atoms in total. The van der Waals surface area contributed by atoms with E-state index < -0.39 is 0 Å². The molecule has 0 saturated heterocycles. The molecule has 1 unspecified atom stereocenters. The van der Waals surface area contributed by atoms with Gasteiger partial charge in [-0.2, -0.15) is 0 Å². The van der Waals surface area contributed by atoms with Gasteiger partial charge in [-0.3, -0.25) is 4.79 Å². The third-order valence-electron chi connectivity index (χ3n) is 3.25. The lowest BCUT2D eigenvalue weighted by Crippen LogP contribution is -2.07. The lowest BCUT2D eigenvalue weighted by Gasteiger charge is -2.11. The van der Waals surface area contributed by atoms with Gasteiger partial charge >= 0.3 is 0 Å². The van der Waals surface area contributed by atoms with Crippen molar-refractivity contribution in [1.82, 2.24) is 0 Å². The van der Waals surface area contributed by atoms with Crippen LogP contribution in [0.1, 0.15) is 30.4 Å². The van der Waals surface area contributed by atoms with Gasteiger partial charge in [0.05, 0.1) is 0 Å². The molecule has 0 aliphatic heterocycles. The molecule has 0 fully saturated rings. The van der Waals surface area contributed by atoms with Crippen LogP contribution in [0.3, 0.4) is 0 Å². The highest BCUT2D eigenvalue weighted by atomic mass is 35.5. The number of hydrogen-bond donors (Lipinski definition) is 0. The van der Waals surface area contributed by atoms with Crippen molar-refractivity contribution in [2.24, 2.45) is 0 Å². The molecule has 2 aromatic rings. The van der Waals surface area contributed by atoms with Gasteiger partial charge in [-0.1, -0.05) is 67.1 Å². The Bertz CT molecular complexity index is 548. The number of carbonyl (C=O) groups is 1. The first-order chi connectivity index (χ1) is 9.16. The highest BCUT2D eigenvalue weighted by Gasteiger charge is 2.12. The number of benzene rings is 2. The van der Waals surface area contributed by atoms with Crippen LogP contribution in [0.15, 0.2) is 54.6 Å². The van der Waals surface area contributed by atoms with E-state index >= 15 is 0 Å². The van der Waals surface area contributed by atoms with Crippen molar-refractivity contribution in [2.75, 3.05) is 0 Å². The molecule has 19 heavy (non-hydrogen) atoms. The van der Waals surface area contributed by atoms with Gasteiger partial charge < -0.3 is 0 Å². The molecule has 0 aliphatic rings. The quantitative estimate of drug-likeness (QED) is 0.775. The highest BCUT2D eigenvalue weighted by molar-refractivity contribution is 6.31. The van der Waals surface area contributed by atoms with Crippen LogP contribution in [0.4, 0.5) is 0 Å². The summed E-state index contributed by atoms with van der Waals surface area (Å²) in [6.07, 6.45) is 0.964. The van der Waals surface area contributed by atoms with Crippen LogP contribution in [0.2, 0.25) is 5.02 Å². The molecule has 0 heterocycles. The second-order valence-corrected chi connectivity index (χ2v) is 5.23. The van der Waals surface area contributed by atoms with Gasteiger partial charge in [0.2, 0.25) is 0 Å². The molecule has 0 spiro atoms. The molecule has 0 bridgehead atoms. The van der Waals surface area contributed by atoms with Crippen molar-refractivity contribution in [3.05, 3.63) is 70.7 Å². The zero-order valence-electron chi connectivity index (χ0n) is 11.0. The van der Waals surface area contributed by atoms with Crippen LogP contribution in [-0.4, -0.2) is 5.78 Å². The zero-order chi connectivity index (χ0) is 13.7. The molecule has 2 aromatic carbocycles. The molecule has 0 saturated carbocycles. The summed E-state index contributed by atoms with van der Waals surface area (Å²) in [6.45, 7) is 2.08. The second kappa shape index (κ2) is 6.53. The summed E-state index contributed by atoms with van der Waals surface area (Å²) in [5.41, 5.74) is 2.12. The molecule has 98 valence electrons. The van der Waals surface area contributed by atoms with E-state index in [2.05, 4.69) is 19.1 Å². The Kier molecular flexibility index (Phi) is 4.75. The third kappa shape index (κ3) is 3.93. The van der Waals surface area contributed by atoms with E-state index in [4.69, 9.17) is 11.6 Å². The van der Waals surface area contributed by atoms with Crippen molar-refractivity contribution >= 4 is 17.4 Å². The summed E-state index contributed by atoms with van der Waals surface area (Å²) in [7, 11) is 0. The van der Waals surface area contributed by atoms with E-state index in [-0.39, 0.29) is 11.7 Å². The van der Waals surface area contributed by atoms with Crippen molar-refractivity contribution in [3.63, 3.8) is 0 Å². The van der Waals surface area contributed by atoms with Crippen LogP contribution in [-0.2, 0) is 11.2 Å². The largest absolute Gasteiger partial charge is 0.299 e. The average molecular weight is 273 g/mol. The number of carbonyl (C=O) groups excluding carboxylic acids is 1. The number of hydrogen-bond acceptors (Lipinski definition) is 1. The van der Waals surface area contributed by atoms with E-state index in [1.807, 2.05) is 42.5 Å². The minimum atomic E-state index is 0.226. The predicted molar refractivity (Wildman–Crippen MR) is 79.6 cm³/mol. The maximum Gasteiger partial charge on any atom is 0.137 e.